The number of nitrogens with one attached hydrogen (secondary N) is 1. The van der Waals surface area contributed by atoms with E-state index in [1.165, 1.54) is 18.2 Å². The van der Waals surface area contributed by atoms with Crippen molar-refractivity contribution in [1.82, 2.24) is 0 Å². The second-order valence-corrected chi connectivity index (χ2v) is 5.88. The van der Waals surface area contributed by atoms with Gasteiger partial charge < -0.3 is 5.11 Å². The third-order valence-corrected chi connectivity index (χ3v) is 4.33. The van der Waals surface area contributed by atoms with E-state index in [4.69, 9.17) is 16.7 Å². The summed E-state index contributed by atoms with van der Waals surface area (Å²) in [5.74, 6) is 0.00868. The zero-order chi connectivity index (χ0) is 11.1. The summed E-state index contributed by atoms with van der Waals surface area (Å²) in [5, 5.41) is 9.00. The topological polar surface area (TPSA) is 66.4 Å². The number of benzene rings is 1. The lowest BCUT2D eigenvalue weighted by Crippen LogP contribution is -2.17. The summed E-state index contributed by atoms with van der Waals surface area (Å²) in [6, 6.07) is 4.13. The summed E-state index contributed by atoms with van der Waals surface area (Å²) in [4.78, 5) is 0. The average Bonchev–Trinajstić information content (AvgIpc) is 2.92. The number of phenols is 1. The molecule has 0 saturated heterocycles. The summed E-state index contributed by atoms with van der Waals surface area (Å²) in [6.45, 7) is 0. The maximum Gasteiger partial charge on any atom is 0.235 e. The van der Waals surface area contributed by atoms with Crippen LogP contribution in [0.5, 0.6) is 5.75 Å². The molecule has 82 valence electrons. The van der Waals surface area contributed by atoms with E-state index < -0.39 is 10.0 Å². The first-order valence-electron chi connectivity index (χ1n) is 4.49. The molecule has 0 heterocycles. The molecule has 1 aromatic carbocycles. The molecule has 2 rings (SSSR count). The SMILES string of the molecule is O=S(=O)(Nc1ccc(O)cc1Cl)C1CC1. The molecular formula is C9H10ClNO3S. The molecule has 6 heteroatoms. The summed E-state index contributed by atoms with van der Waals surface area (Å²) in [5.41, 5.74) is 0.307. The van der Waals surface area contributed by atoms with Crippen molar-refractivity contribution in [2.45, 2.75) is 18.1 Å². The Labute approximate surface area is 92.9 Å². The molecule has 1 aliphatic carbocycles. The van der Waals surface area contributed by atoms with Gasteiger partial charge in [0.2, 0.25) is 10.0 Å². The normalized spacial score (nSPS) is 16.3. The molecule has 1 aromatic rings. The first kappa shape index (κ1) is 10.6. The zero-order valence-electron chi connectivity index (χ0n) is 7.77. The second kappa shape index (κ2) is 3.57. The minimum absolute atomic E-state index is 0.00868. The second-order valence-electron chi connectivity index (χ2n) is 3.51. The third kappa shape index (κ3) is 2.35. The summed E-state index contributed by atoms with van der Waals surface area (Å²) in [7, 11) is -3.29. The van der Waals surface area contributed by atoms with Crippen molar-refractivity contribution >= 4 is 27.3 Å². The van der Waals surface area contributed by atoms with E-state index in [1.54, 1.807) is 0 Å². The van der Waals surface area contributed by atoms with Crippen LogP contribution >= 0.6 is 11.6 Å². The number of hydrogen-bond donors (Lipinski definition) is 2. The molecule has 0 unspecified atom stereocenters. The van der Waals surface area contributed by atoms with Crippen molar-refractivity contribution < 1.29 is 13.5 Å². The maximum atomic E-state index is 11.6. The number of phenolic OH excluding ortho intramolecular Hbond substituents is 1. The molecule has 0 bridgehead atoms. The van der Waals surface area contributed by atoms with Crippen LogP contribution in [0.15, 0.2) is 18.2 Å². The van der Waals surface area contributed by atoms with Crippen molar-refractivity contribution in [3.63, 3.8) is 0 Å². The minimum atomic E-state index is -3.29. The lowest BCUT2D eigenvalue weighted by atomic mass is 10.3. The fraction of sp³-hybridized carbons (Fsp3) is 0.333. The predicted molar refractivity (Wildman–Crippen MR) is 58.7 cm³/mol. The molecular weight excluding hydrogens is 238 g/mol. The van der Waals surface area contributed by atoms with Crippen molar-refractivity contribution in [2.75, 3.05) is 4.72 Å². The molecule has 0 aliphatic heterocycles. The zero-order valence-corrected chi connectivity index (χ0v) is 9.35. The van der Waals surface area contributed by atoms with Crippen LogP contribution < -0.4 is 4.72 Å². The Morgan fingerprint density at radius 1 is 1.40 bits per heavy atom. The van der Waals surface area contributed by atoms with E-state index in [2.05, 4.69) is 4.72 Å². The van der Waals surface area contributed by atoms with Crippen LogP contribution in [0.2, 0.25) is 5.02 Å². The number of hydrogen-bond acceptors (Lipinski definition) is 3. The number of sulfonamides is 1. The van der Waals surface area contributed by atoms with E-state index in [0.717, 1.165) is 0 Å². The van der Waals surface area contributed by atoms with Crippen molar-refractivity contribution in [3.8, 4) is 5.75 Å². The maximum absolute atomic E-state index is 11.6. The Hall–Kier alpha value is -0.940. The van der Waals surface area contributed by atoms with E-state index in [1.807, 2.05) is 0 Å². The fourth-order valence-electron chi connectivity index (χ4n) is 1.20. The van der Waals surface area contributed by atoms with Crippen LogP contribution in [-0.4, -0.2) is 18.8 Å². The Morgan fingerprint density at radius 3 is 2.60 bits per heavy atom. The lowest BCUT2D eigenvalue weighted by Gasteiger charge is -2.08. The third-order valence-electron chi connectivity index (χ3n) is 2.17. The lowest BCUT2D eigenvalue weighted by molar-refractivity contribution is 0.475. The van der Waals surface area contributed by atoms with Crippen LogP contribution in [0.3, 0.4) is 0 Å². The number of halogens is 1. The number of rotatable bonds is 3. The number of aromatic hydroxyl groups is 1. The Bertz CT molecular complexity index is 482. The molecule has 1 aliphatic rings. The summed E-state index contributed by atoms with van der Waals surface area (Å²) >= 11 is 5.77. The van der Waals surface area contributed by atoms with Gasteiger partial charge in [0.25, 0.3) is 0 Å². The Morgan fingerprint density at radius 2 is 2.07 bits per heavy atom. The van der Waals surface area contributed by atoms with Crippen LogP contribution in [0.4, 0.5) is 5.69 Å². The van der Waals surface area contributed by atoms with E-state index >= 15 is 0 Å². The largest absolute Gasteiger partial charge is 0.508 e. The van der Waals surface area contributed by atoms with Gasteiger partial charge in [0.1, 0.15) is 5.75 Å². The van der Waals surface area contributed by atoms with Crippen LogP contribution in [0.25, 0.3) is 0 Å². The number of anilines is 1. The van der Waals surface area contributed by atoms with Crippen LogP contribution in [-0.2, 0) is 10.0 Å². The first-order chi connectivity index (χ1) is 6.99. The highest BCUT2D eigenvalue weighted by molar-refractivity contribution is 7.93. The van der Waals surface area contributed by atoms with E-state index in [9.17, 15) is 8.42 Å². The highest BCUT2D eigenvalue weighted by Gasteiger charge is 2.35. The molecule has 1 saturated carbocycles. The summed E-state index contributed by atoms with van der Waals surface area (Å²) < 4.78 is 25.5. The van der Waals surface area contributed by atoms with E-state index in [0.29, 0.717) is 18.5 Å². The molecule has 2 N–H and O–H groups in total. The van der Waals surface area contributed by atoms with E-state index in [-0.39, 0.29) is 16.0 Å². The van der Waals surface area contributed by atoms with Gasteiger partial charge in [-0.3, -0.25) is 4.72 Å². The minimum Gasteiger partial charge on any atom is -0.508 e. The van der Waals surface area contributed by atoms with Gasteiger partial charge in [-0.25, -0.2) is 8.42 Å². The van der Waals surface area contributed by atoms with Crippen molar-refractivity contribution in [3.05, 3.63) is 23.2 Å². The smallest absolute Gasteiger partial charge is 0.235 e. The first-order valence-corrected chi connectivity index (χ1v) is 6.41. The molecule has 0 aromatic heterocycles. The van der Waals surface area contributed by atoms with Crippen LogP contribution in [0, 0.1) is 0 Å². The van der Waals surface area contributed by atoms with Gasteiger partial charge in [0.05, 0.1) is 16.0 Å². The van der Waals surface area contributed by atoms with Gasteiger partial charge in [-0.2, -0.15) is 0 Å². The average molecular weight is 248 g/mol. The molecule has 0 radical (unpaired) electrons. The van der Waals surface area contributed by atoms with Gasteiger partial charge >= 0.3 is 0 Å². The fourth-order valence-corrected chi connectivity index (χ4v) is 2.89. The molecule has 0 atom stereocenters. The standard InChI is InChI=1S/C9H10ClNO3S/c10-8-5-6(12)1-4-9(8)11-15(13,14)7-2-3-7/h1,4-5,7,11-12H,2-3H2. The molecule has 15 heavy (non-hydrogen) atoms. The Balaban J connectivity index is 2.24. The predicted octanol–water partition coefficient (Wildman–Crippen LogP) is 1.95. The molecule has 1 fully saturated rings. The van der Waals surface area contributed by atoms with Crippen molar-refractivity contribution in [2.24, 2.45) is 0 Å². The van der Waals surface area contributed by atoms with Gasteiger partial charge in [-0.05, 0) is 25.0 Å². The Kier molecular flexibility index (Phi) is 2.52. The van der Waals surface area contributed by atoms with Gasteiger partial charge in [0.15, 0.2) is 0 Å². The molecule has 4 nitrogen and oxygen atoms in total. The van der Waals surface area contributed by atoms with Gasteiger partial charge in [-0.1, -0.05) is 11.6 Å². The monoisotopic (exact) mass is 247 g/mol. The quantitative estimate of drug-likeness (QED) is 0.803. The van der Waals surface area contributed by atoms with Crippen molar-refractivity contribution in [1.29, 1.82) is 0 Å². The van der Waals surface area contributed by atoms with Crippen LogP contribution in [0.1, 0.15) is 12.8 Å². The van der Waals surface area contributed by atoms with Gasteiger partial charge in [0, 0.05) is 6.07 Å². The molecule has 0 spiro atoms. The van der Waals surface area contributed by atoms with Gasteiger partial charge in [-0.15, -0.1) is 0 Å². The highest BCUT2D eigenvalue weighted by Crippen LogP contribution is 2.32. The molecule has 0 amide bonds. The highest BCUT2D eigenvalue weighted by atomic mass is 35.5. The summed E-state index contributed by atoms with van der Waals surface area (Å²) in [6.07, 6.45) is 1.40.